The van der Waals surface area contributed by atoms with Gasteiger partial charge in [-0.15, -0.1) is 11.3 Å². The molecular formula is C32H38BrN3O6S2. The van der Waals surface area contributed by atoms with Crippen LogP contribution in [0.2, 0.25) is 0 Å². The number of hydrogen-bond donors (Lipinski definition) is 2. The van der Waals surface area contributed by atoms with Crippen molar-refractivity contribution in [2.45, 2.75) is 45.3 Å². The number of nitrogens with zero attached hydrogens (tertiary/aromatic N) is 1. The summed E-state index contributed by atoms with van der Waals surface area (Å²) in [6, 6.07) is 16.9. The number of benzene rings is 2. The molecule has 2 N–H and O–H groups in total. The summed E-state index contributed by atoms with van der Waals surface area (Å²) in [6.45, 7) is 6.65. The molecule has 1 amide bonds. The Morgan fingerprint density at radius 2 is 1.82 bits per heavy atom. The van der Waals surface area contributed by atoms with Crippen LogP contribution in [0, 0.1) is 5.92 Å². The molecule has 1 aromatic heterocycles. The van der Waals surface area contributed by atoms with Crippen LogP contribution in [-0.2, 0) is 19.1 Å². The summed E-state index contributed by atoms with van der Waals surface area (Å²) in [7, 11) is 1.29. The van der Waals surface area contributed by atoms with Crippen LogP contribution in [-0.4, -0.2) is 62.6 Å². The van der Waals surface area contributed by atoms with Crippen LogP contribution in [0.15, 0.2) is 59.1 Å². The first-order valence-electron chi connectivity index (χ1n) is 14.3. The maximum atomic E-state index is 14.1. The number of anilines is 2. The highest BCUT2D eigenvalue weighted by atomic mass is 79.9. The Morgan fingerprint density at radius 1 is 1.11 bits per heavy atom. The first-order chi connectivity index (χ1) is 21.0. The highest BCUT2D eigenvalue weighted by molar-refractivity contribution is 9.10. The Morgan fingerprint density at radius 3 is 2.45 bits per heavy atom. The Hall–Kier alpha value is -3.06. The van der Waals surface area contributed by atoms with Crippen molar-refractivity contribution in [3.05, 3.63) is 63.9 Å². The minimum atomic E-state index is -0.669. The fourth-order valence-corrected chi connectivity index (χ4v) is 7.53. The number of thiophene rings is 1. The second kappa shape index (κ2) is 15.3. The smallest absolute Gasteiger partial charge is 0.351 e. The molecule has 1 fully saturated rings. The average Bonchev–Trinajstić information content (AvgIpc) is 3.34. The van der Waals surface area contributed by atoms with Crippen molar-refractivity contribution in [2.24, 2.45) is 5.92 Å². The molecule has 2 heterocycles. The van der Waals surface area contributed by atoms with Gasteiger partial charge in [-0.25, -0.2) is 9.59 Å². The lowest BCUT2D eigenvalue weighted by atomic mass is 9.89. The fraction of sp³-hybridized carbons (Fsp3) is 0.406. The van der Waals surface area contributed by atoms with E-state index in [2.05, 4.69) is 26.6 Å². The van der Waals surface area contributed by atoms with Crippen molar-refractivity contribution in [1.29, 1.82) is 0 Å². The van der Waals surface area contributed by atoms with Gasteiger partial charge in [-0.3, -0.25) is 9.10 Å². The molecule has 44 heavy (non-hydrogen) atoms. The number of ether oxygens (including phenoxy) is 3. The summed E-state index contributed by atoms with van der Waals surface area (Å²) in [5.41, 5.74) is 1.73. The highest BCUT2D eigenvalue weighted by Crippen LogP contribution is 2.46. The molecule has 0 bridgehead atoms. The number of amides is 1. The highest BCUT2D eigenvalue weighted by Gasteiger charge is 2.34. The van der Waals surface area contributed by atoms with E-state index >= 15 is 0 Å². The molecule has 1 saturated heterocycles. The Bertz CT molecular complexity index is 1450. The summed E-state index contributed by atoms with van der Waals surface area (Å²) < 4.78 is 18.4. The molecule has 3 aromatic rings. The molecule has 0 saturated carbocycles. The second-order valence-corrected chi connectivity index (χ2v) is 13.8. The molecule has 1 aliphatic heterocycles. The van der Waals surface area contributed by atoms with E-state index in [1.54, 1.807) is 25.1 Å². The van der Waals surface area contributed by atoms with E-state index < -0.39 is 23.6 Å². The van der Waals surface area contributed by atoms with Gasteiger partial charge in [0.25, 0.3) is 5.91 Å². The average molecular weight is 705 g/mol. The van der Waals surface area contributed by atoms with Gasteiger partial charge in [0.1, 0.15) is 11.6 Å². The second-order valence-electron chi connectivity index (χ2n) is 11.2. The van der Waals surface area contributed by atoms with Gasteiger partial charge in [0.2, 0.25) is 0 Å². The van der Waals surface area contributed by atoms with Gasteiger partial charge >= 0.3 is 11.9 Å². The van der Waals surface area contributed by atoms with E-state index in [-0.39, 0.29) is 29.1 Å². The zero-order chi connectivity index (χ0) is 31.9. The zero-order valence-corrected chi connectivity index (χ0v) is 28.7. The van der Waals surface area contributed by atoms with Crippen molar-refractivity contribution < 1.29 is 28.6 Å². The number of nitrogens with one attached hydrogen (secondary N) is 2. The fourth-order valence-electron chi connectivity index (χ4n) is 4.94. The van der Waals surface area contributed by atoms with Crippen molar-refractivity contribution in [3.63, 3.8) is 0 Å². The Balaban J connectivity index is 1.64. The predicted molar refractivity (Wildman–Crippen MR) is 181 cm³/mol. The summed E-state index contributed by atoms with van der Waals surface area (Å²) in [4.78, 5) is 40.0. The number of halogens is 1. The summed E-state index contributed by atoms with van der Waals surface area (Å²) in [5, 5.41) is 6.95. The van der Waals surface area contributed by atoms with E-state index in [4.69, 9.17) is 14.2 Å². The molecule has 9 nitrogen and oxygen atoms in total. The number of hydrogen-bond acceptors (Lipinski definition) is 10. The molecule has 0 aliphatic carbocycles. The van der Waals surface area contributed by atoms with Crippen molar-refractivity contribution in [2.75, 3.05) is 42.7 Å². The van der Waals surface area contributed by atoms with Gasteiger partial charge < -0.3 is 24.8 Å². The number of para-hydroxylation sites is 1. The molecule has 0 spiro atoms. The molecule has 1 aliphatic rings. The standard InChI is InChI=1S/C32H38BrN3O6S2/c1-32(2,3)42-24(37)19-41-27-25(33)28(44-29(27)31(39)40-4)21-10-9-11-22(18-21)35-26(20-14-16-34-17-15-20)30(38)36(43-5)23-12-7-6-8-13-23/h6-13,18,20,26,34-35H,14-17,19H2,1-5H3. The van der Waals surface area contributed by atoms with Gasteiger partial charge in [0, 0.05) is 11.9 Å². The first-order valence-corrected chi connectivity index (χ1v) is 17.1. The number of methoxy groups -OCH3 is 1. The molecule has 4 rings (SSSR count). The summed E-state index contributed by atoms with van der Waals surface area (Å²) in [6.07, 6.45) is 3.65. The third-order valence-corrected chi connectivity index (χ3v) is 9.85. The minimum absolute atomic E-state index is 0.0101. The molecule has 2 aromatic carbocycles. The first kappa shape index (κ1) is 33.8. The van der Waals surface area contributed by atoms with Crippen LogP contribution in [0.25, 0.3) is 10.4 Å². The predicted octanol–water partition coefficient (Wildman–Crippen LogP) is 6.78. The lowest BCUT2D eigenvalue weighted by Gasteiger charge is -2.34. The van der Waals surface area contributed by atoms with Gasteiger partial charge in [0.15, 0.2) is 17.2 Å². The quantitative estimate of drug-likeness (QED) is 0.165. The van der Waals surface area contributed by atoms with E-state index in [9.17, 15) is 14.4 Å². The van der Waals surface area contributed by atoms with Gasteiger partial charge in [-0.1, -0.05) is 30.3 Å². The van der Waals surface area contributed by atoms with Crippen LogP contribution < -0.4 is 19.7 Å². The number of rotatable bonds is 11. The molecule has 236 valence electrons. The van der Waals surface area contributed by atoms with E-state index in [0.717, 1.165) is 42.9 Å². The Kier molecular flexibility index (Phi) is 11.8. The van der Waals surface area contributed by atoms with Gasteiger partial charge in [-0.2, -0.15) is 0 Å². The number of piperidine rings is 1. The topological polar surface area (TPSA) is 106 Å². The SMILES string of the molecule is COC(=O)c1sc(-c2cccc(NC(C(=O)N(SC)c3ccccc3)C3CCNCC3)c2)c(Br)c1OCC(=O)OC(C)(C)C. The lowest BCUT2D eigenvalue weighted by Crippen LogP contribution is -2.47. The lowest BCUT2D eigenvalue weighted by molar-refractivity contribution is -0.157. The van der Waals surface area contributed by atoms with Crippen LogP contribution in [0.5, 0.6) is 5.75 Å². The summed E-state index contributed by atoms with van der Waals surface area (Å²) in [5.74, 6) is -0.794. The maximum Gasteiger partial charge on any atom is 0.351 e. The molecule has 1 atom stereocenters. The third-order valence-electron chi connectivity index (χ3n) is 6.88. The molecule has 0 radical (unpaired) electrons. The minimum Gasteiger partial charge on any atom is -0.479 e. The van der Waals surface area contributed by atoms with Crippen molar-refractivity contribution in [1.82, 2.24) is 5.32 Å². The zero-order valence-electron chi connectivity index (χ0n) is 25.5. The van der Waals surface area contributed by atoms with Gasteiger partial charge in [-0.05, 0) is 110 Å². The maximum absolute atomic E-state index is 14.1. The third kappa shape index (κ3) is 8.56. The van der Waals surface area contributed by atoms with Crippen LogP contribution >= 0.6 is 39.2 Å². The van der Waals surface area contributed by atoms with Crippen molar-refractivity contribution in [3.8, 4) is 16.2 Å². The van der Waals surface area contributed by atoms with Crippen molar-refractivity contribution >= 4 is 68.4 Å². The van der Waals surface area contributed by atoms with E-state index in [1.165, 1.54) is 30.4 Å². The van der Waals surface area contributed by atoms with Crippen LogP contribution in [0.1, 0.15) is 43.3 Å². The number of esters is 2. The van der Waals surface area contributed by atoms with Gasteiger partial charge in [0.05, 0.1) is 22.1 Å². The molecule has 1 unspecified atom stereocenters. The van der Waals surface area contributed by atoms with Crippen LogP contribution in [0.3, 0.4) is 0 Å². The monoisotopic (exact) mass is 703 g/mol. The number of carbonyl (C=O) groups is 3. The van der Waals surface area contributed by atoms with Crippen LogP contribution in [0.4, 0.5) is 11.4 Å². The molecule has 12 heteroatoms. The van der Waals surface area contributed by atoms with E-state index in [1.807, 2.05) is 60.9 Å². The summed E-state index contributed by atoms with van der Waals surface area (Å²) >= 11 is 6.18. The number of carbonyl (C=O) groups excluding carboxylic acids is 3. The van der Waals surface area contributed by atoms with E-state index in [0.29, 0.717) is 9.35 Å². The largest absolute Gasteiger partial charge is 0.479 e. The normalized spacial score (nSPS) is 14.4. The Labute approximate surface area is 275 Å². The molecular weight excluding hydrogens is 666 g/mol.